The minimum atomic E-state index is 0.400. The lowest BCUT2D eigenvalue weighted by Gasteiger charge is -2.14. The van der Waals surface area contributed by atoms with Crippen molar-refractivity contribution >= 4 is 5.96 Å². The van der Waals surface area contributed by atoms with E-state index in [2.05, 4.69) is 70.4 Å². The average Bonchev–Trinajstić information content (AvgIpc) is 2.95. The molecule has 1 aromatic carbocycles. The predicted octanol–water partition coefficient (Wildman–Crippen LogP) is 3.60. The number of nitrogens with zero attached hydrogens (tertiary/aromatic N) is 4. The SMILES string of the molecule is CCNC(=NCC(C)c1ccc(C)cc1)NCCCc1nnc2n1CCCCC2. The molecule has 3 rings (SSSR count). The summed E-state index contributed by atoms with van der Waals surface area (Å²) in [6, 6.07) is 8.75. The normalized spacial score (nSPS) is 15.5. The summed E-state index contributed by atoms with van der Waals surface area (Å²) >= 11 is 0. The highest BCUT2D eigenvalue weighted by Gasteiger charge is 2.14. The molecule has 1 unspecified atom stereocenters. The van der Waals surface area contributed by atoms with Crippen LogP contribution in [0.25, 0.3) is 0 Å². The molecule has 0 amide bonds. The van der Waals surface area contributed by atoms with Gasteiger partial charge >= 0.3 is 0 Å². The molecule has 0 aliphatic carbocycles. The number of aliphatic imine (C=N–C) groups is 1. The minimum absolute atomic E-state index is 0.400. The van der Waals surface area contributed by atoms with Crippen molar-refractivity contribution in [2.24, 2.45) is 4.99 Å². The molecule has 2 heterocycles. The van der Waals surface area contributed by atoms with E-state index in [0.29, 0.717) is 5.92 Å². The molecule has 2 N–H and O–H groups in total. The molecule has 1 aromatic heterocycles. The van der Waals surface area contributed by atoms with E-state index in [-0.39, 0.29) is 0 Å². The number of benzene rings is 1. The second-order valence-corrected chi connectivity index (χ2v) is 8.06. The van der Waals surface area contributed by atoms with E-state index in [1.165, 1.54) is 36.2 Å². The summed E-state index contributed by atoms with van der Waals surface area (Å²) in [4.78, 5) is 4.79. The van der Waals surface area contributed by atoms with Crippen molar-refractivity contribution in [3.8, 4) is 0 Å². The second kappa shape index (κ2) is 11.0. The van der Waals surface area contributed by atoms with Crippen molar-refractivity contribution in [1.29, 1.82) is 0 Å². The van der Waals surface area contributed by atoms with Crippen LogP contribution in [-0.2, 0) is 19.4 Å². The zero-order valence-electron chi connectivity index (χ0n) is 18.2. The van der Waals surface area contributed by atoms with Crippen LogP contribution in [0.1, 0.15) is 68.2 Å². The van der Waals surface area contributed by atoms with Crippen molar-refractivity contribution in [3.05, 3.63) is 47.0 Å². The smallest absolute Gasteiger partial charge is 0.191 e. The Morgan fingerprint density at radius 1 is 1.14 bits per heavy atom. The quantitative estimate of drug-likeness (QED) is 0.406. The van der Waals surface area contributed by atoms with Crippen LogP contribution in [-0.4, -0.2) is 40.4 Å². The maximum Gasteiger partial charge on any atom is 0.191 e. The molecular formula is C23H36N6. The number of guanidine groups is 1. The predicted molar refractivity (Wildman–Crippen MR) is 119 cm³/mol. The zero-order valence-corrected chi connectivity index (χ0v) is 18.2. The van der Waals surface area contributed by atoms with Crippen molar-refractivity contribution in [3.63, 3.8) is 0 Å². The summed E-state index contributed by atoms with van der Waals surface area (Å²) < 4.78 is 2.34. The largest absolute Gasteiger partial charge is 0.357 e. The highest BCUT2D eigenvalue weighted by Crippen LogP contribution is 2.16. The lowest BCUT2D eigenvalue weighted by atomic mass is 10.0. The van der Waals surface area contributed by atoms with Gasteiger partial charge in [-0.3, -0.25) is 4.99 Å². The number of fused-ring (bicyclic) bond motifs is 1. The first kappa shape index (κ1) is 21.3. The summed E-state index contributed by atoms with van der Waals surface area (Å²) in [5.41, 5.74) is 2.63. The highest BCUT2D eigenvalue weighted by molar-refractivity contribution is 5.79. The topological polar surface area (TPSA) is 67.1 Å². The third kappa shape index (κ3) is 6.31. The van der Waals surface area contributed by atoms with Gasteiger partial charge in [0.05, 0.1) is 0 Å². The molecule has 1 aliphatic rings. The summed E-state index contributed by atoms with van der Waals surface area (Å²) in [5.74, 6) is 3.60. The lowest BCUT2D eigenvalue weighted by molar-refractivity contribution is 0.593. The van der Waals surface area contributed by atoms with Crippen LogP contribution in [0, 0.1) is 6.92 Å². The van der Waals surface area contributed by atoms with Crippen LogP contribution in [0.2, 0.25) is 0 Å². The number of rotatable bonds is 8. The molecule has 0 spiro atoms. The summed E-state index contributed by atoms with van der Waals surface area (Å²) in [6.45, 7) is 10.1. The van der Waals surface area contributed by atoms with Crippen molar-refractivity contribution in [1.82, 2.24) is 25.4 Å². The number of aromatic nitrogens is 3. The average molecular weight is 397 g/mol. The van der Waals surface area contributed by atoms with Gasteiger partial charge in [0, 0.05) is 44.9 Å². The van der Waals surface area contributed by atoms with Gasteiger partial charge in [0.2, 0.25) is 0 Å². The van der Waals surface area contributed by atoms with E-state index < -0.39 is 0 Å². The molecule has 0 bridgehead atoms. The van der Waals surface area contributed by atoms with Gasteiger partial charge in [-0.05, 0) is 38.7 Å². The van der Waals surface area contributed by atoms with Crippen molar-refractivity contribution in [2.75, 3.05) is 19.6 Å². The van der Waals surface area contributed by atoms with Crippen LogP contribution in [0.5, 0.6) is 0 Å². The molecular weight excluding hydrogens is 360 g/mol. The van der Waals surface area contributed by atoms with Crippen LogP contribution in [0.4, 0.5) is 0 Å². The molecule has 0 saturated carbocycles. The van der Waals surface area contributed by atoms with E-state index >= 15 is 0 Å². The monoisotopic (exact) mass is 396 g/mol. The Balaban J connectivity index is 1.47. The molecule has 29 heavy (non-hydrogen) atoms. The van der Waals surface area contributed by atoms with Gasteiger partial charge in [0.15, 0.2) is 5.96 Å². The second-order valence-electron chi connectivity index (χ2n) is 8.06. The van der Waals surface area contributed by atoms with Gasteiger partial charge in [-0.2, -0.15) is 0 Å². The van der Waals surface area contributed by atoms with Crippen molar-refractivity contribution < 1.29 is 0 Å². The van der Waals surface area contributed by atoms with Crippen LogP contribution >= 0.6 is 0 Å². The Labute approximate surface area is 175 Å². The Kier molecular flexibility index (Phi) is 8.08. The Hall–Kier alpha value is -2.37. The highest BCUT2D eigenvalue weighted by atomic mass is 15.3. The molecule has 0 radical (unpaired) electrons. The molecule has 6 nitrogen and oxygen atoms in total. The Morgan fingerprint density at radius 2 is 1.97 bits per heavy atom. The van der Waals surface area contributed by atoms with Gasteiger partial charge < -0.3 is 15.2 Å². The van der Waals surface area contributed by atoms with E-state index in [9.17, 15) is 0 Å². The molecule has 1 aliphatic heterocycles. The molecule has 0 fully saturated rings. The molecule has 1 atom stereocenters. The van der Waals surface area contributed by atoms with Crippen LogP contribution in [0.3, 0.4) is 0 Å². The lowest BCUT2D eigenvalue weighted by Crippen LogP contribution is -2.38. The van der Waals surface area contributed by atoms with Crippen molar-refractivity contribution in [2.45, 2.75) is 71.8 Å². The first-order valence-corrected chi connectivity index (χ1v) is 11.2. The molecule has 0 saturated heterocycles. The first-order valence-electron chi connectivity index (χ1n) is 11.2. The first-order chi connectivity index (χ1) is 14.2. The fourth-order valence-corrected chi connectivity index (χ4v) is 3.75. The third-order valence-corrected chi connectivity index (χ3v) is 5.57. The number of aryl methyl sites for hydroxylation is 3. The van der Waals surface area contributed by atoms with Gasteiger partial charge in [-0.25, -0.2) is 0 Å². The van der Waals surface area contributed by atoms with Gasteiger partial charge in [-0.15, -0.1) is 10.2 Å². The van der Waals surface area contributed by atoms with E-state index in [1.807, 2.05) is 0 Å². The maximum absolute atomic E-state index is 4.79. The molecule has 158 valence electrons. The summed E-state index contributed by atoms with van der Waals surface area (Å²) in [7, 11) is 0. The number of hydrogen-bond donors (Lipinski definition) is 2. The Morgan fingerprint density at radius 3 is 2.76 bits per heavy atom. The third-order valence-electron chi connectivity index (χ3n) is 5.57. The van der Waals surface area contributed by atoms with Gasteiger partial charge in [0.25, 0.3) is 0 Å². The van der Waals surface area contributed by atoms with E-state index in [4.69, 9.17) is 4.99 Å². The molecule has 2 aromatic rings. The number of nitrogens with one attached hydrogen (secondary N) is 2. The van der Waals surface area contributed by atoms with E-state index in [1.54, 1.807) is 0 Å². The zero-order chi connectivity index (χ0) is 20.5. The van der Waals surface area contributed by atoms with Crippen LogP contribution < -0.4 is 10.6 Å². The van der Waals surface area contributed by atoms with Crippen LogP contribution in [0.15, 0.2) is 29.3 Å². The van der Waals surface area contributed by atoms with E-state index in [0.717, 1.165) is 57.2 Å². The summed E-state index contributed by atoms with van der Waals surface area (Å²) in [5, 5.41) is 15.7. The number of hydrogen-bond acceptors (Lipinski definition) is 3. The van der Waals surface area contributed by atoms with Gasteiger partial charge in [-0.1, -0.05) is 43.2 Å². The molecule has 6 heteroatoms. The van der Waals surface area contributed by atoms with Gasteiger partial charge in [0.1, 0.15) is 11.6 Å². The summed E-state index contributed by atoms with van der Waals surface area (Å²) in [6.07, 6.45) is 6.83. The Bertz CT molecular complexity index is 777. The maximum atomic E-state index is 4.79. The fraction of sp³-hybridized carbons (Fsp3) is 0.609. The fourth-order valence-electron chi connectivity index (χ4n) is 3.75. The standard InChI is InChI=1S/C23H36N6/c1-4-24-23(26-17-19(3)20-13-11-18(2)12-14-20)25-15-8-10-22-28-27-21-9-6-5-7-16-29(21)22/h11-14,19H,4-10,15-17H2,1-3H3,(H2,24,25,26). The minimum Gasteiger partial charge on any atom is -0.357 e.